The Morgan fingerprint density at radius 1 is 1.23 bits per heavy atom. The fraction of sp³-hybridized carbons (Fsp3) is 0.421. The summed E-state index contributed by atoms with van der Waals surface area (Å²) >= 11 is 5.99. The number of carboxylic acids is 1. The number of carboxylic acid groups (broad SMARTS) is 1. The minimum absolute atomic E-state index is 0.0189. The molecule has 0 amide bonds. The van der Waals surface area contributed by atoms with Crippen LogP contribution in [0.3, 0.4) is 0 Å². The fourth-order valence-electron chi connectivity index (χ4n) is 3.13. The molecule has 3 rings (SSSR count). The molecular weight excluding hydrogens is 427 g/mol. The number of aliphatic carboxylic acids is 1. The largest absolute Gasteiger partial charge is 0.481 e. The molecule has 2 aromatic rings. The standard InChI is InChI=1S/C19H19ClF3N3O4/c1-8(17(27)28)14-12(18-29-6-7-30-18)16(26-19(20)25-14)24-9(2)10-4-3-5-11(13(10)21)15(22)23/h3-5,8-9,15,18H,6-7H2,1-2H3,(H,27,28)(H,24,25,26). The zero-order chi connectivity index (χ0) is 22.0. The van der Waals surface area contributed by atoms with Crippen molar-refractivity contribution >= 4 is 23.4 Å². The molecular formula is C19H19ClF3N3O4. The van der Waals surface area contributed by atoms with Gasteiger partial charge in [-0.05, 0) is 25.4 Å². The molecule has 1 fully saturated rings. The van der Waals surface area contributed by atoms with Gasteiger partial charge in [0.1, 0.15) is 11.6 Å². The molecule has 2 unspecified atom stereocenters. The smallest absolute Gasteiger partial charge is 0.312 e. The Hall–Kier alpha value is -2.43. The summed E-state index contributed by atoms with van der Waals surface area (Å²) in [7, 11) is 0. The van der Waals surface area contributed by atoms with E-state index in [1.807, 2.05) is 0 Å². The zero-order valence-electron chi connectivity index (χ0n) is 16.0. The van der Waals surface area contributed by atoms with Crippen molar-refractivity contribution in [2.75, 3.05) is 18.5 Å². The summed E-state index contributed by atoms with van der Waals surface area (Å²) in [6.45, 7) is 3.50. The van der Waals surface area contributed by atoms with Crippen molar-refractivity contribution in [2.45, 2.75) is 38.5 Å². The number of hydrogen-bond donors (Lipinski definition) is 2. The molecule has 1 saturated heterocycles. The molecule has 0 aliphatic carbocycles. The second-order valence-corrected chi connectivity index (χ2v) is 7.03. The molecule has 2 N–H and O–H groups in total. The normalized spacial score (nSPS) is 16.6. The van der Waals surface area contributed by atoms with Crippen LogP contribution in [0.1, 0.15) is 60.9 Å². The van der Waals surface area contributed by atoms with Crippen molar-refractivity contribution in [3.8, 4) is 0 Å². The summed E-state index contributed by atoms with van der Waals surface area (Å²) in [6, 6.07) is 2.89. The molecule has 1 aliphatic heterocycles. The first kappa shape index (κ1) is 22.3. The van der Waals surface area contributed by atoms with Gasteiger partial charge in [0.2, 0.25) is 5.28 Å². The maximum absolute atomic E-state index is 14.6. The van der Waals surface area contributed by atoms with Crippen LogP contribution in [-0.4, -0.2) is 34.3 Å². The topological polar surface area (TPSA) is 93.6 Å². The lowest BCUT2D eigenvalue weighted by atomic mass is 10.0. The van der Waals surface area contributed by atoms with E-state index in [-0.39, 0.29) is 41.1 Å². The van der Waals surface area contributed by atoms with Crippen LogP contribution in [0.25, 0.3) is 0 Å². The number of hydrogen-bond acceptors (Lipinski definition) is 6. The van der Waals surface area contributed by atoms with Crippen LogP contribution in [-0.2, 0) is 14.3 Å². The number of carbonyl (C=O) groups is 1. The number of nitrogens with one attached hydrogen (secondary N) is 1. The van der Waals surface area contributed by atoms with Crippen LogP contribution in [0.4, 0.5) is 19.0 Å². The Labute approximate surface area is 175 Å². The predicted octanol–water partition coefficient (Wildman–Crippen LogP) is 4.61. The molecule has 1 aliphatic rings. The number of aromatic nitrogens is 2. The number of benzene rings is 1. The van der Waals surface area contributed by atoms with Crippen LogP contribution in [0, 0.1) is 5.82 Å². The summed E-state index contributed by atoms with van der Waals surface area (Å²) in [6.07, 6.45) is -3.92. The maximum atomic E-state index is 14.6. The molecule has 30 heavy (non-hydrogen) atoms. The van der Waals surface area contributed by atoms with Crippen LogP contribution < -0.4 is 5.32 Å². The van der Waals surface area contributed by atoms with Gasteiger partial charge in [0.05, 0.1) is 42.0 Å². The predicted molar refractivity (Wildman–Crippen MR) is 101 cm³/mol. The second kappa shape index (κ2) is 9.15. The van der Waals surface area contributed by atoms with Crippen molar-refractivity contribution in [1.29, 1.82) is 0 Å². The van der Waals surface area contributed by atoms with Crippen molar-refractivity contribution in [1.82, 2.24) is 9.97 Å². The summed E-state index contributed by atoms with van der Waals surface area (Å²) in [4.78, 5) is 19.7. The minimum atomic E-state index is -2.97. The minimum Gasteiger partial charge on any atom is -0.481 e. The zero-order valence-corrected chi connectivity index (χ0v) is 16.8. The molecule has 0 spiro atoms. The number of halogens is 4. The Morgan fingerprint density at radius 3 is 2.47 bits per heavy atom. The average Bonchev–Trinajstić information content (AvgIpc) is 3.20. The fourth-order valence-corrected chi connectivity index (χ4v) is 3.30. The van der Waals surface area contributed by atoms with E-state index in [1.165, 1.54) is 19.1 Å². The van der Waals surface area contributed by atoms with E-state index < -0.39 is 42.0 Å². The van der Waals surface area contributed by atoms with E-state index in [2.05, 4.69) is 15.3 Å². The molecule has 11 heteroatoms. The Morgan fingerprint density at radius 2 is 1.87 bits per heavy atom. The highest BCUT2D eigenvalue weighted by atomic mass is 35.5. The van der Waals surface area contributed by atoms with Gasteiger partial charge in [0, 0.05) is 5.56 Å². The van der Waals surface area contributed by atoms with Crippen LogP contribution in [0.5, 0.6) is 0 Å². The van der Waals surface area contributed by atoms with Gasteiger partial charge in [-0.2, -0.15) is 0 Å². The first-order valence-electron chi connectivity index (χ1n) is 9.07. The van der Waals surface area contributed by atoms with Gasteiger partial charge in [-0.3, -0.25) is 4.79 Å². The highest BCUT2D eigenvalue weighted by Gasteiger charge is 2.32. The lowest BCUT2D eigenvalue weighted by Crippen LogP contribution is -2.20. The van der Waals surface area contributed by atoms with Gasteiger partial charge in [-0.1, -0.05) is 18.2 Å². The van der Waals surface area contributed by atoms with Crippen molar-refractivity contribution < 1.29 is 32.5 Å². The summed E-state index contributed by atoms with van der Waals surface area (Å²) in [5.74, 6) is -3.19. The first-order valence-corrected chi connectivity index (χ1v) is 9.44. The molecule has 0 saturated carbocycles. The first-order chi connectivity index (χ1) is 14.2. The molecule has 1 aromatic carbocycles. The van der Waals surface area contributed by atoms with Gasteiger partial charge in [0.25, 0.3) is 6.43 Å². The van der Waals surface area contributed by atoms with E-state index in [9.17, 15) is 23.1 Å². The lowest BCUT2D eigenvalue weighted by molar-refractivity contribution is -0.138. The van der Waals surface area contributed by atoms with Crippen LogP contribution in [0.2, 0.25) is 5.28 Å². The number of alkyl halides is 2. The molecule has 2 atom stereocenters. The van der Waals surface area contributed by atoms with Crippen molar-refractivity contribution in [2.24, 2.45) is 0 Å². The maximum Gasteiger partial charge on any atom is 0.312 e. The van der Waals surface area contributed by atoms with E-state index >= 15 is 0 Å². The molecule has 7 nitrogen and oxygen atoms in total. The summed E-state index contributed by atoms with van der Waals surface area (Å²) in [5, 5.41) is 12.1. The van der Waals surface area contributed by atoms with Crippen LogP contribution >= 0.6 is 11.6 Å². The van der Waals surface area contributed by atoms with Crippen LogP contribution in [0.15, 0.2) is 18.2 Å². The van der Waals surface area contributed by atoms with E-state index in [4.69, 9.17) is 21.1 Å². The highest BCUT2D eigenvalue weighted by Crippen LogP contribution is 2.37. The molecule has 2 heterocycles. The van der Waals surface area contributed by atoms with Crippen molar-refractivity contribution in [3.05, 3.63) is 51.7 Å². The van der Waals surface area contributed by atoms with Gasteiger partial charge < -0.3 is 19.9 Å². The van der Waals surface area contributed by atoms with E-state index in [0.717, 1.165) is 6.07 Å². The third-order valence-electron chi connectivity index (χ3n) is 4.70. The average molecular weight is 446 g/mol. The number of rotatable bonds is 7. The third-order valence-corrected chi connectivity index (χ3v) is 4.87. The number of ether oxygens (including phenoxy) is 2. The SMILES string of the molecule is CC(Nc1nc(Cl)nc(C(C)C(=O)O)c1C1OCCO1)c1cccc(C(F)F)c1F. The monoisotopic (exact) mass is 445 g/mol. The Bertz CT molecular complexity index is 941. The molecule has 0 radical (unpaired) electrons. The molecule has 1 aromatic heterocycles. The lowest BCUT2D eigenvalue weighted by Gasteiger charge is -2.23. The van der Waals surface area contributed by atoms with Gasteiger partial charge in [-0.15, -0.1) is 0 Å². The van der Waals surface area contributed by atoms with E-state index in [0.29, 0.717) is 0 Å². The second-order valence-electron chi connectivity index (χ2n) is 6.69. The number of nitrogens with zero attached hydrogens (tertiary/aromatic N) is 2. The third kappa shape index (κ3) is 4.50. The van der Waals surface area contributed by atoms with Gasteiger partial charge >= 0.3 is 5.97 Å². The van der Waals surface area contributed by atoms with Crippen molar-refractivity contribution in [3.63, 3.8) is 0 Å². The summed E-state index contributed by atoms with van der Waals surface area (Å²) in [5.41, 5.74) is -0.450. The van der Waals surface area contributed by atoms with E-state index in [1.54, 1.807) is 6.92 Å². The Balaban J connectivity index is 2.05. The highest BCUT2D eigenvalue weighted by molar-refractivity contribution is 6.28. The van der Waals surface area contributed by atoms with Gasteiger partial charge in [0.15, 0.2) is 6.29 Å². The Kier molecular flexibility index (Phi) is 6.79. The molecule has 162 valence electrons. The van der Waals surface area contributed by atoms with Gasteiger partial charge in [-0.25, -0.2) is 23.1 Å². The quantitative estimate of drug-likeness (QED) is 0.601. The number of anilines is 1. The summed E-state index contributed by atoms with van der Waals surface area (Å²) < 4.78 is 51.7. The molecule has 0 bridgehead atoms.